The molecule has 18 heteroatoms. The van der Waals surface area contributed by atoms with Gasteiger partial charge in [0.1, 0.15) is 5.69 Å². The third-order valence-corrected chi connectivity index (χ3v) is 29.5. The molecule has 0 aliphatic heterocycles. The van der Waals surface area contributed by atoms with E-state index in [-0.39, 0.29) is 35.6 Å². The van der Waals surface area contributed by atoms with Crippen molar-refractivity contribution in [3.63, 3.8) is 0 Å². The summed E-state index contributed by atoms with van der Waals surface area (Å²) < 4.78 is 27.2. The van der Waals surface area contributed by atoms with Crippen LogP contribution in [0.25, 0.3) is 33.9 Å². The van der Waals surface area contributed by atoms with Gasteiger partial charge in [-0.3, -0.25) is 14.6 Å². The van der Waals surface area contributed by atoms with Crippen LogP contribution in [0.1, 0.15) is 102 Å². The molecule has 8 aromatic rings. The van der Waals surface area contributed by atoms with Gasteiger partial charge in [-0.1, -0.05) is 53.0 Å². The number of nitrogens with zero attached hydrogens (tertiary/aromatic N) is 6. The summed E-state index contributed by atoms with van der Waals surface area (Å²) in [4.78, 5) is 35.2. The molecule has 0 aliphatic carbocycles. The molecule has 0 saturated carbocycles. The summed E-state index contributed by atoms with van der Waals surface area (Å²) in [7, 11) is 6.27. The quantitative estimate of drug-likeness (QED) is 0.0582. The van der Waals surface area contributed by atoms with Gasteiger partial charge in [0.15, 0.2) is 28.2 Å². The van der Waals surface area contributed by atoms with E-state index in [1.165, 1.54) is 51.8 Å². The van der Waals surface area contributed by atoms with Crippen LogP contribution >= 0.6 is 34.8 Å². The summed E-state index contributed by atoms with van der Waals surface area (Å²) in [5, 5.41) is 23.7. The van der Waals surface area contributed by atoms with Gasteiger partial charge < -0.3 is 29.6 Å². The number of amides is 2. The summed E-state index contributed by atoms with van der Waals surface area (Å²) in [5.74, 6) is 1.75. The Kier molecular flexibility index (Phi) is 25.6. The number of unbranched alkanes of at least 4 members (excludes halogenated alkanes) is 3. The van der Waals surface area contributed by atoms with E-state index in [1.54, 1.807) is 92.9 Å². The number of ether oxygens (including phenoxy) is 4. The Morgan fingerprint density at radius 1 is 0.488 bits per heavy atom. The van der Waals surface area contributed by atoms with E-state index in [2.05, 4.69) is 75.0 Å². The first-order chi connectivity index (χ1) is 39.7. The molecule has 0 fully saturated rings. The van der Waals surface area contributed by atoms with Crippen LogP contribution in [0.3, 0.4) is 0 Å². The molecule has 8 rings (SSSR count). The second-order valence-corrected chi connectivity index (χ2v) is 34.0. The van der Waals surface area contributed by atoms with Crippen LogP contribution in [-0.2, 0) is 13.1 Å². The normalized spacial score (nSPS) is 10.8. The van der Waals surface area contributed by atoms with Gasteiger partial charge in [-0.15, -0.1) is 20.4 Å². The second kappa shape index (κ2) is 32.7. The van der Waals surface area contributed by atoms with Crippen molar-refractivity contribution >= 4 is 68.7 Å². The zero-order chi connectivity index (χ0) is 59.0. The Hall–Kier alpha value is -6.85. The minimum Gasteiger partial charge on any atom is -0.493 e. The monoisotopic (exact) mass is 1270 g/mol. The van der Waals surface area contributed by atoms with E-state index < -0.39 is 18.4 Å². The number of hydrogen-bond donors (Lipinski definition) is 2. The van der Waals surface area contributed by atoms with Crippen LogP contribution in [0.15, 0.2) is 134 Å². The second-order valence-electron chi connectivity index (χ2n) is 19.7. The average Bonchev–Trinajstić information content (AvgIpc) is 3.65. The standard InChI is InChI=1S/C26H23ClN4O3.C21H19Cl2N3O3.C5H4N.3C4H9.Sn/c1-16-10-18(13-19(27)11-16)22-14-20(25(31-30-22)21-6-4-5-9-28-21)26(32)29-15-17-7-8-23(33-2)24(12-17)34-3;1-12-6-14(9-15(22)7-12)17-10-16(20(23)26-25-17)21(27)24-11-13-4-5-18(28-2)19(8-13)29-3;1-2-4-6-5-3-1;3*1-3-4-2;/h4-14H,15H2,1-3H3,(H,29,32);4-10H,11H2,1-3H3,(H,24,27);1-4H;3*1,3-4H2,2H3;. The largest absolute Gasteiger partial charge is 0.493 e. The Labute approximate surface area is 502 Å². The van der Waals surface area contributed by atoms with Gasteiger partial charge in [0, 0.05) is 40.5 Å². The van der Waals surface area contributed by atoms with Crippen molar-refractivity contribution in [1.82, 2.24) is 41.0 Å². The molecule has 4 heterocycles. The zero-order valence-corrected chi connectivity index (χ0v) is 53.4. The molecule has 0 bridgehead atoms. The summed E-state index contributed by atoms with van der Waals surface area (Å²) in [6, 6.07) is 37.4. The van der Waals surface area contributed by atoms with Gasteiger partial charge in [0.25, 0.3) is 11.8 Å². The molecule has 4 aromatic carbocycles. The topological polar surface area (TPSA) is 172 Å². The SMILES string of the molecule is CCC[CH2][Sn]([CH2]CCC)([CH2]CCC)[c]1ccccn1.COc1ccc(CNC(=O)c2cc(-c3cc(C)cc(Cl)c3)nnc2-c2ccccn2)cc1OC.COc1ccc(CNC(=O)c2cc(-c3cc(C)cc(Cl)c3)nnc2Cl)cc1OC. The molecule has 2 amide bonds. The third kappa shape index (κ3) is 18.3. The van der Waals surface area contributed by atoms with Crippen LogP contribution in [0.2, 0.25) is 28.5 Å². The first-order valence-electron chi connectivity index (χ1n) is 27.5. The predicted molar refractivity (Wildman–Crippen MR) is 333 cm³/mol. The first-order valence-corrected chi connectivity index (χ1v) is 36.1. The van der Waals surface area contributed by atoms with Crippen molar-refractivity contribution in [2.45, 2.75) is 99.5 Å². The Morgan fingerprint density at radius 3 is 1.39 bits per heavy atom. The molecule has 82 heavy (non-hydrogen) atoms. The molecule has 0 radical (unpaired) electrons. The number of nitrogens with one attached hydrogen (secondary N) is 2. The van der Waals surface area contributed by atoms with E-state index >= 15 is 0 Å². The number of methoxy groups -OCH3 is 4. The van der Waals surface area contributed by atoms with E-state index in [0.29, 0.717) is 61.4 Å². The number of benzene rings is 4. The summed E-state index contributed by atoms with van der Waals surface area (Å²) in [6.45, 7) is 11.4. The first kappa shape index (κ1) is 64.3. The van der Waals surface area contributed by atoms with Crippen LogP contribution < -0.4 is 33.3 Å². The summed E-state index contributed by atoms with van der Waals surface area (Å²) >= 11 is 16.3. The average molecular weight is 1280 g/mol. The number of carbonyl (C=O) groups is 2. The zero-order valence-electron chi connectivity index (χ0n) is 48.2. The van der Waals surface area contributed by atoms with E-state index in [1.807, 2.05) is 68.6 Å². The molecule has 430 valence electrons. The third-order valence-electron chi connectivity index (χ3n) is 13.7. The van der Waals surface area contributed by atoms with Gasteiger partial charge in [0.2, 0.25) is 0 Å². The molecule has 0 spiro atoms. The maximum Gasteiger partial charge on any atom is 0.254 e. The minimum absolute atomic E-state index is 0.0253. The molecule has 0 aliphatic rings. The van der Waals surface area contributed by atoms with Crippen molar-refractivity contribution in [2.75, 3.05) is 28.4 Å². The van der Waals surface area contributed by atoms with Gasteiger partial charge in [-0.2, -0.15) is 0 Å². The van der Waals surface area contributed by atoms with Crippen molar-refractivity contribution < 1.29 is 28.5 Å². The van der Waals surface area contributed by atoms with E-state index in [0.717, 1.165) is 33.4 Å². The Balaban J connectivity index is 0.000000206. The number of hydrogen-bond acceptors (Lipinski definition) is 12. The maximum atomic E-state index is 13.3. The Bertz CT molecular complexity index is 3300. The number of aryl methyl sites for hydroxylation is 2. The minimum atomic E-state index is -2.21. The van der Waals surface area contributed by atoms with Gasteiger partial charge in [0.05, 0.1) is 56.6 Å². The van der Waals surface area contributed by atoms with Crippen molar-refractivity contribution in [1.29, 1.82) is 0 Å². The number of rotatable bonds is 23. The smallest absolute Gasteiger partial charge is 0.254 e. The van der Waals surface area contributed by atoms with Crippen LogP contribution in [0, 0.1) is 13.8 Å². The van der Waals surface area contributed by atoms with Gasteiger partial charge in [-0.25, -0.2) is 0 Å². The number of halogens is 3. The molecule has 14 nitrogen and oxygen atoms in total. The van der Waals surface area contributed by atoms with Crippen LogP contribution in [0.4, 0.5) is 0 Å². The summed E-state index contributed by atoms with van der Waals surface area (Å²) in [5.41, 5.74) is 7.80. The maximum absolute atomic E-state index is 13.3. The number of carbonyl (C=O) groups excluding carboxylic acids is 2. The van der Waals surface area contributed by atoms with Crippen LogP contribution in [-0.4, -0.2) is 89.0 Å². The van der Waals surface area contributed by atoms with Crippen LogP contribution in [0.5, 0.6) is 23.0 Å². The van der Waals surface area contributed by atoms with E-state index in [9.17, 15) is 9.59 Å². The number of pyridine rings is 2. The van der Waals surface area contributed by atoms with Gasteiger partial charge >= 0.3 is 124 Å². The summed E-state index contributed by atoms with van der Waals surface area (Å²) in [6.07, 6.45) is 11.9. The molecular formula is C64H73Cl3N8O6Sn. The van der Waals surface area contributed by atoms with Crippen molar-refractivity contribution in [3.8, 4) is 56.9 Å². The predicted octanol–water partition coefficient (Wildman–Crippen LogP) is 15.0. The Morgan fingerprint density at radius 2 is 0.951 bits per heavy atom. The van der Waals surface area contributed by atoms with Gasteiger partial charge in [-0.05, 0) is 121 Å². The van der Waals surface area contributed by atoms with Crippen molar-refractivity contribution in [3.05, 3.63) is 182 Å². The molecular weight excluding hydrogens is 1200 g/mol. The molecule has 0 atom stereocenters. The molecule has 2 N–H and O–H groups in total. The number of aromatic nitrogens is 6. The molecule has 0 saturated heterocycles. The van der Waals surface area contributed by atoms with Crippen molar-refractivity contribution in [2.24, 2.45) is 0 Å². The fourth-order valence-electron chi connectivity index (χ4n) is 9.36. The fraction of sp³-hybridized carbons (Fsp3) is 0.312. The van der Waals surface area contributed by atoms with E-state index in [4.69, 9.17) is 58.7 Å². The molecule has 0 unspecified atom stereocenters. The molecule has 4 aromatic heterocycles. The fourth-order valence-corrected chi connectivity index (χ4v) is 25.6.